The molecule has 0 aliphatic carbocycles. The first-order chi connectivity index (χ1) is 10.6. The second kappa shape index (κ2) is 7.26. The fourth-order valence-corrected chi connectivity index (χ4v) is 1.67. The van der Waals surface area contributed by atoms with Gasteiger partial charge in [-0.3, -0.25) is 4.79 Å². The minimum absolute atomic E-state index is 0.143. The maximum Gasteiger partial charge on any atom is 0.387 e. The third-order valence-electron chi connectivity index (χ3n) is 2.59. The van der Waals surface area contributed by atoms with Gasteiger partial charge in [-0.25, -0.2) is 0 Å². The van der Waals surface area contributed by atoms with Gasteiger partial charge in [0.25, 0.3) is 0 Å². The molecule has 7 heteroatoms. The number of carbonyl (C=O) groups excluding carboxylic acids is 1. The predicted octanol–water partition coefficient (Wildman–Crippen LogP) is 3.54. The molecule has 0 atom stereocenters. The Morgan fingerprint density at radius 3 is 2.77 bits per heavy atom. The number of nitrogens with one attached hydrogen (secondary N) is 1. The van der Waals surface area contributed by atoms with Crippen molar-refractivity contribution in [3.63, 3.8) is 0 Å². The van der Waals surface area contributed by atoms with Gasteiger partial charge in [0.2, 0.25) is 5.91 Å². The van der Waals surface area contributed by atoms with Crippen molar-refractivity contribution in [1.82, 2.24) is 0 Å². The van der Waals surface area contributed by atoms with E-state index in [1.807, 2.05) is 0 Å². The van der Waals surface area contributed by atoms with E-state index in [0.29, 0.717) is 11.4 Å². The van der Waals surface area contributed by atoms with Gasteiger partial charge in [0.05, 0.1) is 13.4 Å². The standard InChI is InChI=1S/C15H13F2NO4/c1-20-12-6-4-10(9-13(12)22-15(16)17)18-14(19)7-5-11-3-2-8-21-11/h2-9,15H,1H3,(H,18,19)/b7-5+. The van der Waals surface area contributed by atoms with Gasteiger partial charge >= 0.3 is 6.61 Å². The fourth-order valence-electron chi connectivity index (χ4n) is 1.67. The van der Waals surface area contributed by atoms with Crippen molar-refractivity contribution < 1.29 is 27.5 Å². The number of hydrogen-bond donors (Lipinski definition) is 1. The van der Waals surface area contributed by atoms with Gasteiger partial charge in [0.1, 0.15) is 5.76 Å². The van der Waals surface area contributed by atoms with E-state index < -0.39 is 12.5 Å². The number of hydrogen-bond acceptors (Lipinski definition) is 4. The molecule has 1 N–H and O–H groups in total. The molecule has 0 aliphatic rings. The molecule has 1 amide bonds. The summed E-state index contributed by atoms with van der Waals surface area (Å²) >= 11 is 0. The smallest absolute Gasteiger partial charge is 0.387 e. The maximum absolute atomic E-state index is 12.3. The molecule has 0 aliphatic heterocycles. The Bertz CT molecular complexity index is 654. The van der Waals surface area contributed by atoms with Crippen LogP contribution in [0, 0.1) is 0 Å². The van der Waals surface area contributed by atoms with E-state index in [4.69, 9.17) is 9.15 Å². The Labute approximate surface area is 125 Å². The molecule has 1 aromatic heterocycles. The summed E-state index contributed by atoms with van der Waals surface area (Å²) in [6.45, 7) is -2.99. The van der Waals surface area contributed by atoms with Gasteiger partial charge in [0, 0.05) is 17.8 Å². The van der Waals surface area contributed by atoms with E-state index in [0.717, 1.165) is 0 Å². The SMILES string of the molecule is COc1ccc(NC(=O)/C=C/c2ccco2)cc1OC(F)F. The van der Waals surface area contributed by atoms with Gasteiger partial charge in [-0.2, -0.15) is 8.78 Å². The molecule has 0 fully saturated rings. The Hall–Kier alpha value is -2.83. The largest absolute Gasteiger partial charge is 0.493 e. The number of ether oxygens (including phenoxy) is 2. The normalized spacial score (nSPS) is 10.9. The highest BCUT2D eigenvalue weighted by Crippen LogP contribution is 2.31. The van der Waals surface area contributed by atoms with Crippen molar-refractivity contribution >= 4 is 17.7 Å². The molecule has 0 radical (unpaired) electrons. The monoisotopic (exact) mass is 309 g/mol. The van der Waals surface area contributed by atoms with Gasteiger partial charge < -0.3 is 19.2 Å². The summed E-state index contributed by atoms with van der Waals surface area (Å²) in [6.07, 6.45) is 4.22. The lowest BCUT2D eigenvalue weighted by molar-refractivity contribution is -0.111. The number of benzene rings is 1. The molecule has 1 aromatic carbocycles. The molecule has 1 heterocycles. The lowest BCUT2D eigenvalue weighted by Gasteiger charge is -2.11. The third-order valence-corrected chi connectivity index (χ3v) is 2.59. The average Bonchev–Trinajstić information content (AvgIpc) is 2.98. The molecular weight excluding hydrogens is 296 g/mol. The van der Waals surface area contributed by atoms with E-state index in [1.165, 1.54) is 43.7 Å². The van der Waals surface area contributed by atoms with Gasteiger partial charge in [-0.05, 0) is 30.3 Å². The minimum Gasteiger partial charge on any atom is -0.493 e. The van der Waals surface area contributed by atoms with Crippen molar-refractivity contribution in [1.29, 1.82) is 0 Å². The quantitative estimate of drug-likeness (QED) is 0.829. The first kappa shape index (κ1) is 15.6. The van der Waals surface area contributed by atoms with Crippen molar-refractivity contribution in [3.8, 4) is 11.5 Å². The Morgan fingerprint density at radius 1 is 1.32 bits per heavy atom. The predicted molar refractivity (Wildman–Crippen MR) is 76.0 cm³/mol. The Balaban J connectivity index is 2.07. The lowest BCUT2D eigenvalue weighted by atomic mass is 10.2. The summed E-state index contributed by atoms with van der Waals surface area (Å²) in [6, 6.07) is 7.56. The molecule has 0 bridgehead atoms. The Morgan fingerprint density at radius 2 is 2.14 bits per heavy atom. The lowest BCUT2D eigenvalue weighted by Crippen LogP contribution is -2.09. The van der Waals surface area contributed by atoms with Crippen LogP contribution in [0.15, 0.2) is 47.1 Å². The summed E-state index contributed by atoms with van der Waals surface area (Å²) < 4.78 is 38.9. The summed E-state index contributed by atoms with van der Waals surface area (Å²) in [7, 11) is 1.33. The molecule has 2 rings (SSSR count). The second-order valence-electron chi connectivity index (χ2n) is 4.08. The molecule has 2 aromatic rings. The molecule has 0 saturated carbocycles. The molecule has 116 valence electrons. The van der Waals surface area contributed by atoms with Crippen LogP contribution in [0.3, 0.4) is 0 Å². The molecule has 0 spiro atoms. The topological polar surface area (TPSA) is 60.7 Å². The van der Waals surface area contributed by atoms with Crippen LogP contribution in [0.4, 0.5) is 14.5 Å². The highest BCUT2D eigenvalue weighted by Gasteiger charge is 2.11. The maximum atomic E-state index is 12.3. The van der Waals surface area contributed by atoms with Gasteiger partial charge in [-0.1, -0.05) is 0 Å². The van der Waals surface area contributed by atoms with E-state index in [2.05, 4.69) is 10.1 Å². The summed E-state index contributed by atoms with van der Waals surface area (Å²) in [5.41, 5.74) is 0.297. The first-order valence-corrected chi connectivity index (χ1v) is 6.24. The van der Waals surface area contributed by atoms with Crippen LogP contribution in [0.25, 0.3) is 6.08 Å². The molecule has 22 heavy (non-hydrogen) atoms. The van der Waals surface area contributed by atoms with Crippen molar-refractivity contribution in [3.05, 3.63) is 48.4 Å². The van der Waals surface area contributed by atoms with Crippen LogP contribution in [-0.2, 0) is 4.79 Å². The third kappa shape index (κ3) is 4.34. The van der Waals surface area contributed by atoms with Crippen molar-refractivity contribution in [2.75, 3.05) is 12.4 Å². The highest BCUT2D eigenvalue weighted by molar-refractivity contribution is 6.01. The second-order valence-corrected chi connectivity index (χ2v) is 4.08. The number of amides is 1. The van der Waals surface area contributed by atoms with Crippen LogP contribution in [0.2, 0.25) is 0 Å². The molecule has 0 saturated heterocycles. The first-order valence-electron chi connectivity index (χ1n) is 6.24. The molecular formula is C15H13F2NO4. The number of rotatable bonds is 6. The van der Waals surface area contributed by atoms with Crippen molar-refractivity contribution in [2.24, 2.45) is 0 Å². The fraction of sp³-hybridized carbons (Fsp3) is 0.133. The summed E-state index contributed by atoms with van der Waals surface area (Å²) in [5.74, 6) is 0.0610. The Kier molecular flexibility index (Phi) is 5.13. The van der Waals surface area contributed by atoms with E-state index in [-0.39, 0.29) is 11.5 Å². The molecule has 5 nitrogen and oxygen atoms in total. The number of halogens is 2. The van der Waals surface area contributed by atoms with E-state index in [9.17, 15) is 13.6 Å². The average molecular weight is 309 g/mol. The van der Waals surface area contributed by atoms with Crippen LogP contribution < -0.4 is 14.8 Å². The zero-order valence-corrected chi connectivity index (χ0v) is 11.6. The van der Waals surface area contributed by atoms with Gasteiger partial charge in [-0.15, -0.1) is 0 Å². The van der Waals surface area contributed by atoms with Crippen LogP contribution in [0.1, 0.15) is 5.76 Å². The zero-order valence-electron chi connectivity index (χ0n) is 11.6. The molecule has 0 unspecified atom stereocenters. The number of furan rings is 1. The zero-order chi connectivity index (χ0) is 15.9. The van der Waals surface area contributed by atoms with E-state index in [1.54, 1.807) is 12.1 Å². The number of methoxy groups -OCH3 is 1. The number of carbonyl (C=O) groups is 1. The van der Waals surface area contributed by atoms with Gasteiger partial charge in [0.15, 0.2) is 11.5 Å². The number of anilines is 1. The number of alkyl halides is 2. The van der Waals surface area contributed by atoms with E-state index >= 15 is 0 Å². The summed E-state index contributed by atoms with van der Waals surface area (Å²) in [5, 5.41) is 2.52. The van der Waals surface area contributed by atoms with Crippen LogP contribution in [-0.4, -0.2) is 19.6 Å². The van der Waals surface area contributed by atoms with Crippen LogP contribution >= 0.6 is 0 Å². The van der Waals surface area contributed by atoms with Crippen molar-refractivity contribution in [2.45, 2.75) is 6.61 Å². The van der Waals surface area contributed by atoms with Crippen LogP contribution in [0.5, 0.6) is 11.5 Å². The minimum atomic E-state index is -2.99. The summed E-state index contributed by atoms with van der Waals surface area (Å²) in [4.78, 5) is 11.7. The highest BCUT2D eigenvalue weighted by atomic mass is 19.3.